The minimum Gasteiger partial charge on any atom is -0.308 e. The predicted octanol–water partition coefficient (Wildman–Crippen LogP) is 7.96. The van der Waals surface area contributed by atoms with E-state index in [0.717, 1.165) is 17.7 Å². The molecule has 49 heavy (non-hydrogen) atoms. The lowest BCUT2D eigenvalue weighted by atomic mass is 10.1. The molecule has 10 nitrogen and oxygen atoms in total. The minimum absolute atomic E-state index is 0.370. The molecule has 0 radical (unpaired) electrons. The second kappa shape index (κ2) is 17.5. The number of nitrogens with one attached hydrogen (secondary N) is 4. The van der Waals surface area contributed by atoms with Gasteiger partial charge in [-0.25, -0.2) is 18.4 Å². The van der Waals surface area contributed by atoms with Gasteiger partial charge in [0.2, 0.25) is 0 Å². The van der Waals surface area contributed by atoms with Crippen molar-refractivity contribution in [3.05, 3.63) is 156 Å². The second-order valence-corrected chi connectivity index (χ2v) is 12.4. The molecule has 254 valence electrons. The third-order valence-electron chi connectivity index (χ3n) is 6.69. The molecular weight excluding hydrogens is 652 g/mol. The van der Waals surface area contributed by atoms with E-state index >= 15 is 0 Å². The van der Waals surface area contributed by atoms with Gasteiger partial charge in [-0.1, -0.05) is 54.6 Å². The van der Waals surface area contributed by atoms with Crippen molar-refractivity contribution < 1.29 is 31.3 Å². The van der Waals surface area contributed by atoms with E-state index in [4.69, 9.17) is 4.55 Å². The summed E-state index contributed by atoms with van der Waals surface area (Å²) in [5, 5.41) is 10.9. The summed E-state index contributed by atoms with van der Waals surface area (Å²) < 4.78 is 52.1. The molecule has 0 unspecified atom stereocenters. The molecule has 0 atom stereocenters. The number of benzene rings is 5. The van der Waals surface area contributed by atoms with Gasteiger partial charge in [-0.3, -0.25) is 9.45 Å². The van der Waals surface area contributed by atoms with Crippen LogP contribution in [0.2, 0.25) is 0 Å². The molecule has 13 heteroatoms. The Labute approximate surface area is 283 Å². The molecule has 0 saturated carbocycles. The van der Waals surface area contributed by atoms with Crippen LogP contribution in [0.1, 0.15) is 16.7 Å². The monoisotopic (exact) mass is 687 g/mol. The fourth-order valence-electron chi connectivity index (χ4n) is 4.57. The van der Waals surface area contributed by atoms with Crippen LogP contribution in [-0.4, -0.2) is 36.2 Å². The molecule has 0 aliphatic carbocycles. The summed E-state index contributed by atoms with van der Waals surface area (Å²) >= 11 is 0. The van der Waals surface area contributed by atoms with E-state index in [1.165, 1.54) is 54.1 Å². The largest absolute Gasteiger partial charge is 0.323 e. The van der Waals surface area contributed by atoms with Gasteiger partial charge < -0.3 is 21.3 Å². The molecule has 0 bridgehead atoms. The van der Waals surface area contributed by atoms with Crippen LogP contribution in [0, 0.1) is 11.6 Å². The Bertz CT molecular complexity index is 1800. The number of hydrogen-bond donors (Lipinski definition) is 5. The number of hydrogen-bond acceptors (Lipinski definition) is 5. The van der Waals surface area contributed by atoms with E-state index in [0.29, 0.717) is 42.1 Å². The second-order valence-electron chi connectivity index (χ2n) is 10.9. The van der Waals surface area contributed by atoms with Gasteiger partial charge in [0.05, 0.1) is 6.26 Å². The summed E-state index contributed by atoms with van der Waals surface area (Å²) in [6, 6.07) is 35.8. The van der Waals surface area contributed by atoms with Crippen LogP contribution in [-0.2, 0) is 29.8 Å². The maximum Gasteiger partial charge on any atom is 0.323 e. The fourth-order valence-corrected chi connectivity index (χ4v) is 4.57. The minimum atomic E-state index is -3.67. The van der Waals surface area contributed by atoms with Crippen molar-refractivity contribution in [2.75, 3.05) is 27.5 Å². The number of nitrogens with zero attached hydrogens (tertiary/aromatic N) is 1. The van der Waals surface area contributed by atoms with Gasteiger partial charge in [-0.05, 0) is 89.5 Å². The number of amides is 4. The highest BCUT2D eigenvalue weighted by atomic mass is 32.2. The highest BCUT2D eigenvalue weighted by molar-refractivity contribution is 7.85. The first kappa shape index (κ1) is 36.2. The van der Waals surface area contributed by atoms with Gasteiger partial charge in [-0.2, -0.15) is 8.42 Å². The van der Waals surface area contributed by atoms with E-state index in [1.807, 2.05) is 66.7 Å². The number of carbonyl (C=O) groups excluding carboxylic acids is 2. The Morgan fingerprint density at radius 2 is 0.796 bits per heavy atom. The lowest BCUT2D eigenvalue weighted by molar-refractivity contribution is 0.247. The van der Waals surface area contributed by atoms with E-state index in [-0.39, 0.29) is 11.6 Å². The van der Waals surface area contributed by atoms with E-state index < -0.39 is 22.2 Å². The van der Waals surface area contributed by atoms with E-state index in [2.05, 4.69) is 38.3 Å². The van der Waals surface area contributed by atoms with Crippen LogP contribution in [0.5, 0.6) is 0 Å². The van der Waals surface area contributed by atoms with Crippen molar-refractivity contribution in [1.82, 2.24) is 4.90 Å². The van der Waals surface area contributed by atoms with Gasteiger partial charge in [-0.15, -0.1) is 0 Å². The summed E-state index contributed by atoms with van der Waals surface area (Å²) in [6.07, 6.45) is 0.715. The zero-order chi connectivity index (χ0) is 35.2. The van der Waals surface area contributed by atoms with Crippen LogP contribution < -0.4 is 21.3 Å². The first-order valence-electron chi connectivity index (χ1n) is 14.9. The van der Waals surface area contributed by atoms with Gasteiger partial charge in [0.1, 0.15) is 11.6 Å². The van der Waals surface area contributed by atoms with Gasteiger partial charge in [0.15, 0.2) is 0 Å². The van der Waals surface area contributed by atoms with Crippen LogP contribution >= 0.6 is 0 Å². The number of rotatable bonds is 10. The van der Waals surface area contributed by atoms with Gasteiger partial charge in [0, 0.05) is 42.4 Å². The van der Waals surface area contributed by atoms with E-state index in [1.54, 1.807) is 0 Å². The first-order chi connectivity index (χ1) is 23.4. The topological polar surface area (TPSA) is 140 Å². The Kier molecular flexibility index (Phi) is 12.9. The average molecular weight is 688 g/mol. The van der Waals surface area contributed by atoms with Gasteiger partial charge in [0.25, 0.3) is 10.1 Å². The molecule has 0 heterocycles. The Morgan fingerprint density at radius 3 is 1.10 bits per heavy atom. The zero-order valence-electron chi connectivity index (χ0n) is 26.4. The fraction of sp³-hybridized carbons (Fsp3) is 0.111. The number of halogens is 2. The molecule has 0 aliphatic heterocycles. The lowest BCUT2D eigenvalue weighted by Gasteiger charge is -2.23. The predicted molar refractivity (Wildman–Crippen MR) is 188 cm³/mol. The molecule has 0 aromatic heterocycles. The molecule has 0 aliphatic rings. The molecule has 0 fully saturated rings. The quantitative estimate of drug-likeness (QED) is 0.0945. The zero-order valence-corrected chi connectivity index (χ0v) is 27.3. The van der Waals surface area contributed by atoms with Crippen molar-refractivity contribution in [2.24, 2.45) is 0 Å². The first-order valence-corrected chi connectivity index (χ1v) is 16.8. The Hall–Kier alpha value is -5.63. The highest BCUT2D eigenvalue weighted by Gasteiger charge is 2.11. The molecule has 5 aromatic carbocycles. The normalized spacial score (nSPS) is 10.8. The van der Waals surface area contributed by atoms with Crippen LogP contribution in [0.3, 0.4) is 0 Å². The molecule has 4 amide bonds. The lowest BCUT2D eigenvalue weighted by Crippen LogP contribution is -2.23. The highest BCUT2D eigenvalue weighted by Crippen LogP contribution is 2.19. The summed E-state index contributed by atoms with van der Waals surface area (Å²) in [5.41, 5.74) is 5.58. The summed E-state index contributed by atoms with van der Waals surface area (Å²) in [5.74, 6) is -0.739. The molecule has 5 aromatic rings. The molecule has 0 saturated heterocycles. The molecular formula is C36H35F2N5O5S. The molecule has 0 spiro atoms. The summed E-state index contributed by atoms with van der Waals surface area (Å²) in [4.78, 5) is 27.0. The Balaban J connectivity index is 0.00000101. The maximum atomic E-state index is 13.1. The van der Waals surface area contributed by atoms with Crippen molar-refractivity contribution in [2.45, 2.75) is 19.6 Å². The van der Waals surface area contributed by atoms with Crippen molar-refractivity contribution in [1.29, 1.82) is 0 Å². The standard InChI is InChI=1S/C35H31F2N5O2.CH4O3S/c36-28-10-18-32(19-11-28)40-34(43)38-30-14-6-26(7-15-30)23-42(22-25-4-2-1-3-5-25)24-27-8-16-31(17-9-27)39-35(44)41-33-20-12-29(37)13-21-33;1-5(2,3)4/h1-21H,22-24H2,(H2,38,40,43)(H2,39,41,44);1H3,(H,2,3,4). The number of urea groups is 2. The van der Waals surface area contributed by atoms with Crippen LogP contribution in [0.15, 0.2) is 127 Å². The summed E-state index contributed by atoms with van der Waals surface area (Å²) in [7, 11) is -3.67. The van der Waals surface area contributed by atoms with E-state index in [9.17, 15) is 26.8 Å². The van der Waals surface area contributed by atoms with Crippen molar-refractivity contribution in [3.63, 3.8) is 0 Å². The van der Waals surface area contributed by atoms with Gasteiger partial charge >= 0.3 is 12.1 Å². The third kappa shape index (κ3) is 13.9. The van der Waals surface area contributed by atoms with Crippen molar-refractivity contribution in [3.8, 4) is 0 Å². The Morgan fingerprint density at radius 1 is 0.531 bits per heavy atom. The average Bonchev–Trinajstić information content (AvgIpc) is 3.05. The third-order valence-corrected chi connectivity index (χ3v) is 6.69. The van der Waals surface area contributed by atoms with Crippen LogP contribution in [0.25, 0.3) is 0 Å². The van der Waals surface area contributed by atoms with Crippen molar-refractivity contribution >= 4 is 44.9 Å². The van der Waals surface area contributed by atoms with Crippen LogP contribution in [0.4, 0.5) is 41.1 Å². The maximum absolute atomic E-state index is 13.1. The SMILES string of the molecule is CS(=O)(=O)O.O=C(Nc1ccc(F)cc1)Nc1ccc(CN(Cc2ccccc2)Cc2ccc(NC(=O)Nc3ccc(F)cc3)cc2)cc1. The molecule has 5 rings (SSSR count). The molecule has 5 N–H and O–H groups in total. The number of anilines is 4. The number of carbonyl (C=O) groups is 2. The summed E-state index contributed by atoms with van der Waals surface area (Å²) in [6.45, 7) is 2.05. The smallest absolute Gasteiger partial charge is 0.308 e.